The molecule has 102 valence electrons. The quantitative estimate of drug-likeness (QED) is 0.765. The van der Waals surface area contributed by atoms with Crippen molar-refractivity contribution in [2.24, 2.45) is 11.7 Å². The Morgan fingerprint density at radius 2 is 1.76 bits per heavy atom. The molecule has 0 heterocycles. The first-order valence-corrected chi connectivity index (χ1v) is 5.01. The van der Waals surface area contributed by atoms with E-state index in [9.17, 15) is 26.7 Å². The Bertz CT molecular complexity index is 267. The molecule has 0 aromatic rings. The first-order valence-electron chi connectivity index (χ1n) is 5.01. The first-order chi connectivity index (χ1) is 7.57. The van der Waals surface area contributed by atoms with Gasteiger partial charge in [0, 0.05) is 13.1 Å². The number of halogens is 5. The summed E-state index contributed by atoms with van der Waals surface area (Å²) in [5.41, 5.74) is 5.22. The highest BCUT2D eigenvalue weighted by Crippen LogP contribution is 2.36. The lowest BCUT2D eigenvalue weighted by Gasteiger charge is -2.28. The van der Waals surface area contributed by atoms with Gasteiger partial charge in [-0.15, -0.1) is 0 Å². The number of amides is 1. The van der Waals surface area contributed by atoms with Crippen molar-refractivity contribution < 1.29 is 26.7 Å². The third-order valence-corrected chi connectivity index (χ3v) is 2.23. The SMILES string of the molecule is CCN(CC(C)CN)C(=O)C(F)(F)C(F)(F)F. The average Bonchev–Trinajstić information content (AvgIpc) is 2.22. The maximum absolute atomic E-state index is 12.8. The summed E-state index contributed by atoms with van der Waals surface area (Å²) < 4.78 is 61.5. The van der Waals surface area contributed by atoms with E-state index in [0.717, 1.165) is 0 Å². The zero-order valence-corrected chi connectivity index (χ0v) is 9.52. The van der Waals surface area contributed by atoms with Gasteiger partial charge in [-0.1, -0.05) is 6.92 Å². The van der Waals surface area contributed by atoms with Crippen molar-refractivity contribution in [1.82, 2.24) is 4.90 Å². The third-order valence-electron chi connectivity index (χ3n) is 2.23. The number of nitrogens with zero attached hydrogens (tertiary/aromatic N) is 1. The summed E-state index contributed by atoms with van der Waals surface area (Å²) in [4.78, 5) is 11.6. The largest absolute Gasteiger partial charge is 0.463 e. The van der Waals surface area contributed by atoms with Gasteiger partial charge < -0.3 is 10.6 Å². The van der Waals surface area contributed by atoms with Crippen LogP contribution in [-0.4, -0.2) is 42.5 Å². The summed E-state index contributed by atoms with van der Waals surface area (Å²) >= 11 is 0. The lowest BCUT2D eigenvalue weighted by molar-refractivity contribution is -0.274. The molecule has 0 aromatic carbocycles. The van der Waals surface area contributed by atoms with Gasteiger partial charge in [-0.25, -0.2) is 0 Å². The molecule has 0 spiro atoms. The molecule has 1 atom stereocenters. The van der Waals surface area contributed by atoms with E-state index in [1.54, 1.807) is 6.92 Å². The van der Waals surface area contributed by atoms with Crippen molar-refractivity contribution in [2.45, 2.75) is 25.9 Å². The van der Waals surface area contributed by atoms with Gasteiger partial charge in [-0.2, -0.15) is 22.0 Å². The van der Waals surface area contributed by atoms with Gasteiger partial charge in [-0.05, 0) is 19.4 Å². The standard InChI is InChI=1S/C9H15F5N2O/c1-3-16(5-6(2)4-15)7(17)8(10,11)9(12,13)14/h6H,3-5,15H2,1-2H3. The maximum atomic E-state index is 12.8. The monoisotopic (exact) mass is 262 g/mol. The summed E-state index contributed by atoms with van der Waals surface area (Å²) in [5.74, 6) is -7.92. The molecule has 3 nitrogen and oxygen atoms in total. The molecule has 2 N–H and O–H groups in total. The fourth-order valence-electron chi connectivity index (χ4n) is 1.13. The van der Waals surface area contributed by atoms with Crippen molar-refractivity contribution in [1.29, 1.82) is 0 Å². The molecular weight excluding hydrogens is 247 g/mol. The molecule has 0 aliphatic rings. The van der Waals surface area contributed by atoms with Gasteiger partial charge in [0.15, 0.2) is 0 Å². The van der Waals surface area contributed by atoms with E-state index in [4.69, 9.17) is 5.73 Å². The van der Waals surface area contributed by atoms with E-state index >= 15 is 0 Å². The molecule has 0 saturated carbocycles. The van der Waals surface area contributed by atoms with Gasteiger partial charge in [-0.3, -0.25) is 4.79 Å². The molecule has 1 unspecified atom stereocenters. The Morgan fingerprint density at radius 1 is 1.29 bits per heavy atom. The number of hydrogen-bond acceptors (Lipinski definition) is 2. The zero-order chi connectivity index (χ0) is 13.9. The summed E-state index contributed by atoms with van der Waals surface area (Å²) in [6.45, 7) is 2.53. The van der Waals surface area contributed by atoms with Crippen molar-refractivity contribution in [2.75, 3.05) is 19.6 Å². The van der Waals surface area contributed by atoms with Gasteiger partial charge in [0.1, 0.15) is 0 Å². The summed E-state index contributed by atoms with van der Waals surface area (Å²) in [6.07, 6.45) is -5.87. The number of nitrogens with two attached hydrogens (primary N) is 1. The second-order valence-electron chi connectivity index (χ2n) is 3.76. The maximum Gasteiger partial charge on any atom is 0.463 e. The van der Waals surface area contributed by atoms with Gasteiger partial charge in [0.25, 0.3) is 0 Å². The van der Waals surface area contributed by atoms with Crippen LogP contribution in [0.3, 0.4) is 0 Å². The molecule has 0 saturated heterocycles. The lowest BCUT2D eigenvalue weighted by Crippen LogP contribution is -2.53. The van der Waals surface area contributed by atoms with E-state index < -0.39 is 18.0 Å². The Labute approximate surface area is 95.7 Å². The molecule has 0 aliphatic carbocycles. The highest BCUT2D eigenvalue weighted by molar-refractivity contribution is 5.84. The first kappa shape index (κ1) is 16.1. The third kappa shape index (κ3) is 3.79. The summed E-state index contributed by atoms with van der Waals surface area (Å²) in [6, 6.07) is 0. The van der Waals surface area contributed by atoms with Gasteiger partial charge in [0.2, 0.25) is 0 Å². The number of rotatable bonds is 5. The number of carbonyl (C=O) groups excluding carboxylic acids is 1. The van der Waals surface area contributed by atoms with E-state index in [2.05, 4.69) is 0 Å². The van der Waals surface area contributed by atoms with Crippen LogP contribution < -0.4 is 5.73 Å². The van der Waals surface area contributed by atoms with Crippen molar-refractivity contribution in [3.05, 3.63) is 0 Å². The molecule has 0 rings (SSSR count). The highest BCUT2D eigenvalue weighted by Gasteiger charge is 2.64. The highest BCUT2D eigenvalue weighted by atomic mass is 19.4. The summed E-state index contributed by atoms with van der Waals surface area (Å²) in [7, 11) is 0. The van der Waals surface area contributed by atoms with Crippen molar-refractivity contribution in [3.63, 3.8) is 0 Å². The van der Waals surface area contributed by atoms with Crippen LogP contribution in [0.2, 0.25) is 0 Å². The number of hydrogen-bond donors (Lipinski definition) is 1. The molecule has 0 bridgehead atoms. The minimum absolute atomic E-state index is 0.0986. The minimum atomic E-state index is -5.87. The lowest BCUT2D eigenvalue weighted by atomic mass is 10.1. The molecular formula is C9H15F5N2O. The Kier molecular flexibility index (Phi) is 5.31. The molecule has 0 radical (unpaired) electrons. The molecule has 0 aromatic heterocycles. The predicted molar refractivity (Wildman–Crippen MR) is 51.5 cm³/mol. The Hall–Kier alpha value is -0.920. The summed E-state index contributed by atoms with van der Waals surface area (Å²) in [5, 5.41) is 0. The van der Waals surface area contributed by atoms with Crippen molar-refractivity contribution in [3.8, 4) is 0 Å². The van der Waals surface area contributed by atoms with Crippen molar-refractivity contribution >= 4 is 5.91 Å². The molecule has 8 heteroatoms. The van der Waals surface area contributed by atoms with Crippen LogP contribution in [0.15, 0.2) is 0 Å². The molecule has 0 fully saturated rings. The Balaban J connectivity index is 4.87. The number of alkyl halides is 5. The fraction of sp³-hybridized carbons (Fsp3) is 0.889. The minimum Gasteiger partial charge on any atom is -0.337 e. The second kappa shape index (κ2) is 5.61. The van der Waals surface area contributed by atoms with Crippen LogP contribution in [0.5, 0.6) is 0 Å². The van der Waals surface area contributed by atoms with E-state index in [-0.39, 0.29) is 25.6 Å². The molecule has 1 amide bonds. The number of carbonyl (C=O) groups is 1. The normalized spacial score (nSPS) is 14.6. The van der Waals surface area contributed by atoms with Crippen LogP contribution in [0, 0.1) is 5.92 Å². The fourth-order valence-corrected chi connectivity index (χ4v) is 1.13. The smallest absolute Gasteiger partial charge is 0.337 e. The van der Waals surface area contributed by atoms with Crippen LogP contribution in [0.4, 0.5) is 22.0 Å². The topological polar surface area (TPSA) is 46.3 Å². The van der Waals surface area contributed by atoms with Crippen LogP contribution in [0.25, 0.3) is 0 Å². The van der Waals surface area contributed by atoms with E-state index in [0.29, 0.717) is 4.90 Å². The van der Waals surface area contributed by atoms with E-state index in [1.807, 2.05) is 0 Å². The molecule has 0 aliphatic heterocycles. The average molecular weight is 262 g/mol. The molecule has 17 heavy (non-hydrogen) atoms. The van der Waals surface area contributed by atoms with Gasteiger partial charge in [0.05, 0.1) is 0 Å². The second-order valence-corrected chi connectivity index (χ2v) is 3.76. The zero-order valence-electron chi connectivity index (χ0n) is 9.52. The van der Waals surface area contributed by atoms with Crippen LogP contribution in [-0.2, 0) is 4.79 Å². The van der Waals surface area contributed by atoms with Crippen LogP contribution in [0.1, 0.15) is 13.8 Å². The Morgan fingerprint density at radius 3 is 2.06 bits per heavy atom. The van der Waals surface area contributed by atoms with Crippen LogP contribution >= 0.6 is 0 Å². The van der Waals surface area contributed by atoms with Gasteiger partial charge >= 0.3 is 18.0 Å². The van der Waals surface area contributed by atoms with E-state index in [1.165, 1.54) is 6.92 Å². The predicted octanol–water partition coefficient (Wildman–Crippen LogP) is 1.63.